The van der Waals surface area contributed by atoms with Crippen molar-refractivity contribution in [3.63, 3.8) is 0 Å². The summed E-state index contributed by atoms with van der Waals surface area (Å²) < 4.78 is 0. The van der Waals surface area contributed by atoms with E-state index in [1.165, 1.54) is 0 Å². The van der Waals surface area contributed by atoms with Crippen molar-refractivity contribution in [2.75, 3.05) is 66.5 Å². The summed E-state index contributed by atoms with van der Waals surface area (Å²) in [4.78, 5) is 39.6. The van der Waals surface area contributed by atoms with Gasteiger partial charge in [-0.25, -0.2) is 0 Å². The molecule has 16 heteroatoms. The van der Waals surface area contributed by atoms with E-state index in [-0.39, 0.29) is 44.8 Å². The topological polar surface area (TPSA) is 188 Å². The third-order valence-electron chi connectivity index (χ3n) is 6.14. The van der Waals surface area contributed by atoms with Gasteiger partial charge in [-0.3, -0.25) is 20.0 Å². The molecule has 46 heavy (non-hydrogen) atoms. The molecule has 0 saturated carbocycles. The summed E-state index contributed by atoms with van der Waals surface area (Å²) >= 11 is 0. The Morgan fingerprint density at radius 1 is 0.478 bits per heavy atom. The van der Waals surface area contributed by atoms with Gasteiger partial charge in [0.1, 0.15) is 0 Å². The van der Waals surface area contributed by atoms with Gasteiger partial charge in [-0.1, -0.05) is 48.5 Å². The molecule has 0 unspecified atom stereocenters. The number of benzene rings is 2. The van der Waals surface area contributed by atoms with Crippen molar-refractivity contribution in [3.05, 3.63) is 101 Å². The van der Waals surface area contributed by atoms with Crippen molar-refractivity contribution < 1.29 is 54.9 Å². The molecule has 14 nitrogen and oxygen atoms in total. The molecule has 0 spiro atoms. The van der Waals surface area contributed by atoms with Gasteiger partial charge in [0.15, 0.2) is 0 Å². The van der Waals surface area contributed by atoms with Crippen LogP contribution in [0, 0.1) is 30.6 Å². The van der Waals surface area contributed by atoms with E-state index in [2.05, 4.69) is 92.4 Å². The Kier molecular flexibility index (Phi) is 28.7. The van der Waals surface area contributed by atoms with E-state index < -0.39 is 10.2 Å². The van der Waals surface area contributed by atoms with Gasteiger partial charge < -0.3 is 40.4 Å². The molecule has 0 fully saturated rings. The molecule has 0 atom stereocenters. The van der Waals surface area contributed by atoms with Crippen LogP contribution in [0.4, 0.5) is 0 Å². The van der Waals surface area contributed by atoms with Gasteiger partial charge in [-0.2, -0.15) is 0 Å². The third kappa shape index (κ3) is 27.2. The van der Waals surface area contributed by atoms with Crippen LogP contribution >= 0.6 is 0 Å². The predicted molar refractivity (Wildman–Crippen MR) is 177 cm³/mol. The summed E-state index contributed by atoms with van der Waals surface area (Å²) in [6.07, 6.45) is 12.1. The zero-order valence-corrected chi connectivity index (χ0v) is 29.0. The Hall–Kier alpha value is -3.08. The maximum absolute atomic E-state index is 8.25. The normalized spacial score (nSPS) is 15.5. The summed E-state index contributed by atoms with van der Waals surface area (Å²) in [5, 5.41) is 29.5. The number of hydrogen-bond donors (Lipinski definition) is 0. The van der Waals surface area contributed by atoms with E-state index in [0.29, 0.717) is 0 Å². The maximum atomic E-state index is 8.25. The summed E-state index contributed by atoms with van der Waals surface area (Å²) in [6.45, 7) is 7.60. The van der Waals surface area contributed by atoms with Gasteiger partial charge >= 0.3 is 44.8 Å². The Labute approximate surface area is 301 Å². The Morgan fingerprint density at radius 3 is 0.826 bits per heavy atom. The van der Waals surface area contributed by atoms with Crippen molar-refractivity contribution in [1.29, 1.82) is 0 Å². The molecule has 0 aliphatic carbocycles. The van der Waals surface area contributed by atoms with Gasteiger partial charge in [0.2, 0.25) is 0 Å². The molecule has 2 aromatic carbocycles. The van der Waals surface area contributed by atoms with E-state index in [9.17, 15) is 0 Å². The molecule has 0 radical (unpaired) electrons. The zero-order valence-electron chi connectivity index (χ0n) is 26.0. The molecule has 0 saturated heterocycles. The van der Waals surface area contributed by atoms with Crippen LogP contribution < -0.4 is 0 Å². The molecular weight excluding hydrogens is 784 g/mol. The molecule has 0 aromatic heterocycles. The molecule has 4 aliphatic rings. The van der Waals surface area contributed by atoms with Gasteiger partial charge in [0, 0.05) is 51.0 Å². The molecule has 0 amide bonds. The second kappa shape index (κ2) is 29.3. The van der Waals surface area contributed by atoms with Gasteiger partial charge in [-0.15, -0.1) is 0 Å². The second-order valence-corrected chi connectivity index (χ2v) is 9.94. The minimum atomic E-state index is -1.75. The minimum Gasteiger partial charge on any atom is -0.356 e. The number of aliphatic imine (C=N–C) groups is 4. The van der Waals surface area contributed by atoms with Crippen LogP contribution in [0.2, 0.25) is 0 Å². The first-order chi connectivity index (χ1) is 21.2. The van der Waals surface area contributed by atoms with Gasteiger partial charge in [0.25, 0.3) is 0 Å². The first kappa shape index (κ1) is 45.0. The second-order valence-electron chi connectivity index (χ2n) is 9.94. The summed E-state index contributed by atoms with van der Waals surface area (Å²) in [6, 6.07) is 16.9. The van der Waals surface area contributed by atoms with E-state index >= 15 is 0 Å². The molecule has 6 rings (SSSR count). The van der Waals surface area contributed by atoms with E-state index in [1.807, 2.05) is 24.9 Å². The Bertz CT molecular complexity index is 1020. The van der Waals surface area contributed by atoms with Crippen molar-refractivity contribution in [1.82, 2.24) is 9.80 Å². The molecule has 4 bridgehead atoms. The number of nitrogens with zero attached hydrogens (tertiary/aromatic N) is 8. The number of rotatable bonds is 0. The molecule has 2 aromatic rings. The van der Waals surface area contributed by atoms with Crippen molar-refractivity contribution in [3.8, 4) is 0 Å². The largest absolute Gasteiger partial charge is 1.00 e. The zero-order chi connectivity index (χ0) is 32.4. The van der Waals surface area contributed by atoms with Crippen LogP contribution in [0.1, 0.15) is 47.9 Å². The molecular formula is C30H42Ag2N8O6. The molecule has 4 aliphatic heterocycles. The van der Waals surface area contributed by atoms with Gasteiger partial charge in [-0.05, 0) is 88.2 Å². The fourth-order valence-electron chi connectivity index (χ4n) is 3.97. The van der Waals surface area contributed by atoms with Crippen molar-refractivity contribution in [2.45, 2.75) is 25.7 Å². The predicted octanol–water partition coefficient (Wildman–Crippen LogP) is 4.02. The first-order valence-corrected chi connectivity index (χ1v) is 14.3. The fraction of sp³-hybridized carbons (Fsp3) is 0.467. The average molecular weight is 826 g/mol. The number of hydrogen-bond acceptors (Lipinski definition) is 12. The van der Waals surface area contributed by atoms with E-state index in [1.54, 1.807) is 0 Å². The smallest absolute Gasteiger partial charge is 0.356 e. The van der Waals surface area contributed by atoms with Gasteiger partial charge in [0.05, 0.1) is 10.2 Å². The van der Waals surface area contributed by atoms with E-state index in [0.717, 1.165) is 100 Å². The molecule has 0 N–H and O–H groups in total. The SMILES string of the molecule is CN1CCCN=Cc2ccc(cc2)C=NCCCN(C)CCCN=Cc2ccc(cc2)C=NCCC1.O=[N+]([O-])[O-].O=[N+]([O-])[O-].[Ag+].[Ag+]. The standard InChI is InChI=1S/C30H42N6.2Ag.2NO3/c1-35-19-3-15-31-23-27-7-11-29(12-8-27)25-33-17-5-21-36(2)22-6-18-34-26-30-13-9-28(10-14-30)24-32-16-4-20-35;;;2*2-1(3)4/h7-14,23-26H,3-6,15-22H2,1-2H3;;;;/q;2*+1;2*-1. The summed E-state index contributed by atoms with van der Waals surface area (Å²) in [7, 11) is 4.35. The van der Waals surface area contributed by atoms with Crippen LogP contribution in [0.3, 0.4) is 0 Å². The summed E-state index contributed by atoms with van der Waals surface area (Å²) in [5.74, 6) is 0. The van der Waals surface area contributed by atoms with Crippen LogP contribution in [0.25, 0.3) is 0 Å². The summed E-state index contributed by atoms with van der Waals surface area (Å²) in [5.41, 5.74) is 4.55. The minimum absolute atomic E-state index is 0. The quantitative estimate of drug-likeness (QED) is 0.216. The average Bonchev–Trinajstić information content (AvgIpc) is 2.97. The third-order valence-corrected chi connectivity index (χ3v) is 6.14. The van der Waals surface area contributed by atoms with Crippen LogP contribution in [-0.4, -0.2) is 111 Å². The van der Waals surface area contributed by atoms with Crippen molar-refractivity contribution in [2.24, 2.45) is 20.0 Å². The Balaban J connectivity index is 0. The van der Waals surface area contributed by atoms with E-state index in [4.69, 9.17) is 30.6 Å². The van der Waals surface area contributed by atoms with Crippen LogP contribution in [0.15, 0.2) is 68.5 Å². The van der Waals surface area contributed by atoms with Crippen molar-refractivity contribution >= 4 is 24.9 Å². The molecule has 260 valence electrons. The Morgan fingerprint density at radius 2 is 0.652 bits per heavy atom. The van der Waals surface area contributed by atoms with Crippen LogP contribution in [-0.2, 0) is 44.8 Å². The maximum Gasteiger partial charge on any atom is 1.00 e. The van der Waals surface area contributed by atoms with Crippen LogP contribution in [0.5, 0.6) is 0 Å². The monoisotopic (exact) mass is 824 g/mol. The fourth-order valence-corrected chi connectivity index (χ4v) is 3.97. The first-order valence-electron chi connectivity index (χ1n) is 14.3. The molecule has 4 heterocycles.